The number of ether oxygens (including phenoxy) is 1. The van der Waals surface area contributed by atoms with Crippen LogP contribution in [0.3, 0.4) is 0 Å². The molecule has 1 saturated heterocycles. The minimum atomic E-state index is -0.470. The quantitative estimate of drug-likeness (QED) is 0.904. The Bertz CT molecular complexity index is 495. The Morgan fingerprint density at radius 2 is 2.19 bits per heavy atom. The SMILES string of the molecule is CN(C(=O)OC(C)(C)C)[C@H]1CCN(c2ccc(N)cn2)C1. The molecule has 1 atom stereocenters. The molecule has 116 valence electrons. The van der Waals surface area contributed by atoms with Gasteiger partial charge < -0.3 is 20.3 Å². The lowest BCUT2D eigenvalue weighted by Crippen LogP contribution is -2.42. The highest BCUT2D eigenvalue weighted by atomic mass is 16.6. The third kappa shape index (κ3) is 4.00. The first-order valence-corrected chi connectivity index (χ1v) is 7.18. The number of likely N-dealkylation sites (N-methyl/N-ethyl adjacent to an activating group) is 1. The monoisotopic (exact) mass is 292 g/mol. The van der Waals surface area contributed by atoms with Crippen molar-refractivity contribution in [1.82, 2.24) is 9.88 Å². The number of nitrogens with zero attached hydrogens (tertiary/aromatic N) is 3. The third-order valence-corrected chi connectivity index (χ3v) is 3.49. The normalized spacial score (nSPS) is 18.7. The first kappa shape index (κ1) is 15.4. The number of hydrogen-bond donors (Lipinski definition) is 1. The molecular weight excluding hydrogens is 268 g/mol. The van der Waals surface area contributed by atoms with Crippen LogP contribution in [-0.2, 0) is 4.74 Å². The average molecular weight is 292 g/mol. The Balaban J connectivity index is 1.95. The molecule has 0 radical (unpaired) electrons. The zero-order valence-corrected chi connectivity index (χ0v) is 13.2. The van der Waals surface area contributed by atoms with Crippen LogP contribution in [0.4, 0.5) is 16.3 Å². The molecule has 0 spiro atoms. The van der Waals surface area contributed by atoms with Crippen LogP contribution < -0.4 is 10.6 Å². The van der Waals surface area contributed by atoms with Gasteiger partial charge in [0.05, 0.1) is 17.9 Å². The van der Waals surface area contributed by atoms with Gasteiger partial charge in [0.25, 0.3) is 0 Å². The minimum absolute atomic E-state index is 0.138. The molecule has 0 unspecified atom stereocenters. The number of amides is 1. The number of hydrogen-bond acceptors (Lipinski definition) is 5. The van der Waals surface area contributed by atoms with Gasteiger partial charge in [-0.1, -0.05) is 0 Å². The van der Waals surface area contributed by atoms with Crippen LogP contribution in [0.5, 0.6) is 0 Å². The number of nitrogens with two attached hydrogens (primary N) is 1. The largest absolute Gasteiger partial charge is 0.444 e. The number of pyridine rings is 1. The van der Waals surface area contributed by atoms with Crippen LogP contribution in [0.25, 0.3) is 0 Å². The molecule has 2 N–H and O–H groups in total. The van der Waals surface area contributed by atoms with Gasteiger partial charge in [-0.25, -0.2) is 9.78 Å². The summed E-state index contributed by atoms with van der Waals surface area (Å²) in [6, 6.07) is 3.89. The van der Waals surface area contributed by atoms with E-state index in [1.54, 1.807) is 18.1 Å². The molecule has 1 aromatic heterocycles. The molecule has 6 nitrogen and oxygen atoms in total. The van der Waals surface area contributed by atoms with E-state index < -0.39 is 5.60 Å². The molecule has 0 aliphatic carbocycles. The second-order valence-corrected chi connectivity index (χ2v) is 6.43. The second kappa shape index (κ2) is 5.79. The van der Waals surface area contributed by atoms with E-state index >= 15 is 0 Å². The minimum Gasteiger partial charge on any atom is -0.444 e. The maximum Gasteiger partial charge on any atom is 0.410 e. The smallest absolute Gasteiger partial charge is 0.410 e. The van der Waals surface area contributed by atoms with Gasteiger partial charge in [0.2, 0.25) is 0 Å². The van der Waals surface area contributed by atoms with Gasteiger partial charge in [0, 0.05) is 20.1 Å². The summed E-state index contributed by atoms with van der Waals surface area (Å²) in [5.41, 5.74) is 5.83. The molecule has 2 heterocycles. The molecule has 0 aromatic carbocycles. The van der Waals surface area contributed by atoms with Gasteiger partial charge in [-0.2, -0.15) is 0 Å². The highest BCUT2D eigenvalue weighted by Crippen LogP contribution is 2.22. The lowest BCUT2D eigenvalue weighted by atomic mass is 10.2. The lowest BCUT2D eigenvalue weighted by Gasteiger charge is -2.28. The average Bonchev–Trinajstić information content (AvgIpc) is 2.86. The molecular formula is C15H24N4O2. The summed E-state index contributed by atoms with van der Waals surface area (Å²) >= 11 is 0. The summed E-state index contributed by atoms with van der Waals surface area (Å²) in [4.78, 5) is 20.3. The first-order chi connectivity index (χ1) is 9.76. The number of nitrogen functional groups attached to an aromatic ring is 1. The van der Waals surface area contributed by atoms with E-state index in [9.17, 15) is 4.79 Å². The number of carbonyl (C=O) groups excluding carboxylic acids is 1. The predicted octanol–water partition coefficient (Wildman–Crippen LogP) is 2.11. The fraction of sp³-hybridized carbons (Fsp3) is 0.600. The lowest BCUT2D eigenvalue weighted by molar-refractivity contribution is 0.0238. The van der Waals surface area contributed by atoms with Crippen LogP contribution in [0, 0.1) is 0 Å². The van der Waals surface area contributed by atoms with Gasteiger partial charge in [0.1, 0.15) is 11.4 Å². The molecule has 1 aromatic rings. The second-order valence-electron chi connectivity index (χ2n) is 6.43. The molecule has 1 aliphatic heterocycles. The van der Waals surface area contributed by atoms with Crippen molar-refractivity contribution in [1.29, 1.82) is 0 Å². The van der Waals surface area contributed by atoms with Crippen molar-refractivity contribution < 1.29 is 9.53 Å². The molecule has 1 amide bonds. The highest BCUT2D eigenvalue weighted by Gasteiger charge is 2.31. The van der Waals surface area contributed by atoms with E-state index in [0.717, 1.165) is 25.3 Å². The maximum atomic E-state index is 12.1. The number of rotatable bonds is 2. The number of aromatic nitrogens is 1. The highest BCUT2D eigenvalue weighted by molar-refractivity contribution is 5.68. The third-order valence-electron chi connectivity index (χ3n) is 3.49. The van der Waals surface area contributed by atoms with E-state index in [0.29, 0.717) is 5.69 Å². The molecule has 0 bridgehead atoms. The van der Waals surface area contributed by atoms with Crippen molar-refractivity contribution in [3.05, 3.63) is 18.3 Å². The molecule has 0 saturated carbocycles. The fourth-order valence-corrected chi connectivity index (χ4v) is 2.33. The van der Waals surface area contributed by atoms with Gasteiger partial charge in [0.15, 0.2) is 0 Å². The molecule has 1 aliphatic rings. The zero-order valence-electron chi connectivity index (χ0n) is 13.2. The van der Waals surface area contributed by atoms with Crippen molar-refractivity contribution >= 4 is 17.6 Å². The maximum absolute atomic E-state index is 12.1. The molecule has 1 fully saturated rings. The summed E-state index contributed by atoms with van der Waals surface area (Å²) < 4.78 is 5.40. The molecule has 21 heavy (non-hydrogen) atoms. The van der Waals surface area contributed by atoms with Crippen molar-refractivity contribution in [3.8, 4) is 0 Å². The van der Waals surface area contributed by atoms with Crippen molar-refractivity contribution in [2.24, 2.45) is 0 Å². The van der Waals surface area contributed by atoms with Gasteiger partial charge in [-0.05, 0) is 39.3 Å². The van der Waals surface area contributed by atoms with E-state index in [2.05, 4.69) is 9.88 Å². The first-order valence-electron chi connectivity index (χ1n) is 7.18. The summed E-state index contributed by atoms with van der Waals surface area (Å²) in [6.45, 7) is 7.25. The summed E-state index contributed by atoms with van der Waals surface area (Å²) in [7, 11) is 1.79. The number of carbonyl (C=O) groups is 1. The van der Waals surface area contributed by atoms with Crippen LogP contribution in [-0.4, -0.2) is 47.8 Å². The topological polar surface area (TPSA) is 71.7 Å². The van der Waals surface area contributed by atoms with Gasteiger partial charge in [-0.15, -0.1) is 0 Å². The summed E-state index contributed by atoms with van der Waals surface area (Å²) in [5.74, 6) is 0.893. The predicted molar refractivity (Wildman–Crippen MR) is 83.3 cm³/mol. The van der Waals surface area contributed by atoms with E-state index in [4.69, 9.17) is 10.5 Å². The summed E-state index contributed by atoms with van der Waals surface area (Å²) in [6.07, 6.45) is 2.28. The van der Waals surface area contributed by atoms with E-state index in [1.807, 2.05) is 32.9 Å². The van der Waals surface area contributed by atoms with E-state index in [-0.39, 0.29) is 12.1 Å². The Kier molecular flexibility index (Phi) is 4.25. The number of anilines is 2. The molecule has 2 rings (SSSR count). The van der Waals surface area contributed by atoms with Crippen LogP contribution in [0.15, 0.2) is 18.3 Å². The standard InChI is InChI=1S/C15H24N4O2/c1-15(2,3)21-14(20)18(4)12-7-8-19(10-12)13-6-5-11(16)9-17-13/h5-6,9,12H,7-8,10,16H2,1-4H3/t12-/m0/s1. The van der Waals surface area contributed by atoms with Gasteiger partial charge in [-0.3, -0.25) is 0 Å². The van der Waals surface area contributed by atoms with Crippen molar-refractivity contribution in [2.75, 3.05) is 30.8 Å². The summed E-state index contributed by atoms with van der Waals surface area (Å²) in [5, 5.41) is 0. The van der Waals surface area contributed by atoms with Crippen molar-refractivity contribution in [3.63, 3.8) is 0 Å². The Morgan fingerprint density at radius 3 is 2.76 bits per heavy atom. The molecule has 6 heteroatoms. The fourth-order valence-electron chi connectivity index (χ4n) is 2.33. The van der Waals surface area contributed by atoms with Gasteiger partial charge >= 0.3 is 6.09 Å². The zero-order chi connectivity index (χ0) is 15.6. The Morgan fingerprint density at radius 1 is 1.48 bits per heavy atom. The Hall–Kier alpha value is -1.98. The van der Waals surface area contributed by atoms with Crippen molar-refractivity contribution in [2.45, 2.75) is 38.8 Å². The van der Waals surface area contributed by atoms with Crippen LogP contribution >= 0.6 is 0 Å². The van der Waals surface area contributed by atoms with Crippen LogP contribution in [0.2, 0.25) is 0 Å². The van der Waals surface area contributed by atoms with E-state index in [1.165, 1.54) is 0 Å². The van der Waals surface area contributed by atoms with Crippen LogP contribution in [0.1, 0.15) is 27.2 Å². The Labute approximate surface area is 125 Å².